The number of benzene rings is 5. The van der Waals surface area contributed by atoms with Gasteiger partial charge in [0.05, 0.1) is 0 Å². The average molecular weight is 536 g/mol. The molecule has 1 fully saturated rings. The van der Waals surface area contributed by atoms with E-state index in [2.05, 4.69) is 114 Å². The van der Waals surface area contributed by atoms with Crippen LogP contribution in [0.1, 0.15) is 16.7 Å². The molecule has 192 valence electrons. The zero-order valence-corrected chi connectivity index (χ0v) is 22.7. The fourth-order valence-corrected chi connectivity index (χ4v) is 7.00. The van der Waals surface area contributed by atoms with Crippen LogP contribution in [0, 0.1) is 6.92 Å². The van der Waals surface area contributed by atoms with E-state index in [1.165, 1.54) is 5.56 Å². The van der Waals surface area contributed by atoms with Crippen LogP contribution in [-0.2, 0) is 11.3 Å². The topological polar surface area (TPSA) is 36.0 Å². The molecule has 5 nitrogen and oxygen atoms in total. The van der Waals surface area contributed by atoms with Gasteiger partial charge in [-0.05, 0) is 65.7 Å². The summed E-state index contributed by atoms with van der Waals surface area (Å²) >= 11 is 6.44. The maximum absolute atomic E-state index is 6.44. The first-order chi connectivity index (χ1) is 19.6. The van der Waals surface area contributed by atoms with Gasteiger partial charge < -0.3 is 9.80 Å². The minimum Gasteiger partial charge on any atom is -0.300 e. The fraction of sp³-hybridized carbons (Fsp3) is 0.0882. The van der Waals surface area contributed by atoms with Crippen molar-refractivity contribution in [1.82, 2.24) is 0 Å². The predicted octanol–water partition coefficient (Wildman–Crippen LogP) is 8.39. The van der Waals surface area contributed by atoms with E-state index in [1.54, 1.807) is 0 Å². The minimum atomic E-state index is -1.00. The number of anilines is 2. The van der Waals surface area contributed by atoms with E-state index >= 15 is 0 Å². The molecule has 1 aliphatic carbocycles. The fourth-order valence-electron chi connectivity index (χ4n) is 6.52. The SMILES string of the molecule is Cc1ccc(N2C(=S)N(c3ccccc3)[C@]34N=[N+](c5ccccc5)[N-][C@]23c2ccccc2-c2ccccc24)cc1. The van der Waals surface area contributed by atoms with E-state index in [4.69, 9.17) is 22.8 Å². The number of hydrogen-bond donors (Lipinski definition) is 0. The number of hydrogen-bond acceptors (Lipinski definition) is 2. The molecule has 8 rings (SSSR count). The highest BCUT2D eigenvalue weighted by molar-refractivity contribution is 7.80. The van der Waals surface area contributed by atoms with Crippen LogP contribution in [0.25, 0.3) is 16.6 Å². The maximum atomic E-state index is 6.44. The highest BCUT2D eigenvalue weighted by Gasteiger charge is 2.72. The van der Waals surface area contributed by atoms with Crippen LogP contribution in [0.5, 0.6) is 0 Å². The Labute approximate surface area is 238 Å². The van der Waals surface area contributed by atoms with Gasteiger partial charge in [-0.1, -0.05) is 103 Å². The smallest absolute Gasteiger partial charge is 0.225 e. The van der Waals surface area contributed by atoms with Gasteiger partial charge >= 0.3 is 0 Å². The van der Waals surface area contributed by atoms with Crippen molar-refractivity contribution in [2.45, 2.75) is 18.2 Å². The molecule has 0 amide bonds. The lowest BCUT2D eigenvalue weighted by atomic mass is 9.71. The third-order valence-electron chi connectivity index (χ3n) is 8.18. The van der Waals surface area contributed by atoms with Crippen molar-refractivity contribution >= 4 is 34.4 Å². The number of nitrogens with zero attached hydrogens (tertiary/aromatic N) is 5. The first kappa shape index (κ1) is 23.1. The molecule has 5 aromatic rings. The normalized spacial score (nSPS) is 22.1. The lowest BCUT2D eigenvalue weighted by molar-refractivity contribution is -0.457. The summed E-state index contributed by atoms with van der Waals surface area (Å²) in [5.74, 6) is 0. The standard InChI is InChI=1S/C34H25N5S/c1-24-20-22-26(23-21-24)38-32(40)37(25-12-4-2-5-13-25)33-30-18-10-8-16-28(30)29-17-9-11-19-31(29)34(33,38)36-39(35-33)27-14-6-3-7-15-27/h2-23H,1H3/t33-,34+/m0/s1. The molecule has 40 heavy (non-hydrogen) atoms. The largest absolute Gasteiger partial charge is 0.300 e. The number of rotatable bonds is 3. The summed E-state index contributed by atoms with van der Waals surface area (Å²) in [6, 6.07) is 46.2. The van der Waals surface area contributed by atoms with Crippen molar-refractivity contribution in [3.8, 4) is 11.1 Å². The molecule has 0 unspecified atom stereocenters. The van der Waals surface area contributed by atoms with Gasteiger partial charge in [0.1, 0.15) is 0 Å². The van der Waals surface area contributed by atoms with Gasteiger partial charge in [-0.2, -0.15) is 10.5 Å². The Morgan fingerprint density at radius 2 is 1.18 bits per heavy atom. The van der Waals surface area contributed by atoms with Crippen molar-refractivity contribution in [1.29, 1.82) is 0 Å². The molecule has 0 aromatic heterocycles. The summed E-state index contributed by atoms with van der Waals surface area (Å²) in [6.07, 6.45) is 0. The molecule has 0 N–H and O–H groups in total. The Kier molecular flexibility index (Phi) is 4.82. The second-order valence-corrected chi connectivity index (χ2v) is 10.8. The monoisotopic (exact) mass is 535 g/mol. The Bertz CT molecular complexity index is 1820. The average Bonchev–Trinajstić information content (AvgIpc) is 3.47. The molecule has 0 saturated carbocycles. The number of para-hydroxylation sites is 2. The second-order valence-electron chi connectivity index (χ2n) is 10.4. The summed E-state index contributed by atoms with van der Waals surface area (Å²) in [5, 5.41) is 6.22. The molecule has 2 heterocycles. The Morgan fingerprint density at radius 1 is 0.625 bits per heavy atom. The number of thiocarbonyl (C=S) groups is 1. The Balaban J connectivity index is 1.55. The van der Waals surface area contributed by atoms with Crippen molar-refractivity contribution in [2.24, 2.45) is 5.11 Å². The third kappa shape index (κ3) is 2.83. The van der Waals surface area contributed by atoms with Crippen LogP contribution < -0.4 is 9.80 Å². The molecule has 1 saturated heterocycles. The molecule has 5 aromatic carbocycles. The molecule has 6 heteroatoms. The second kappa shape index (κ2) is 8.34. The van der Waals surface area contributed by atoms with Gasteiger partial charge in [-0.15, -0.1) is 4.81 Å². The quantitative estimate of drug-likeness (QED) is 0.172. The van der Waals surface area contributed by atoms with Gasteiger partial charge in [-0.3, -0.25) is 0 Å². The molecule has 0 radical (unpaired) electrons. The van der Waals surface area contributed by atoms with Gasteiger partial charge in [0.15, 0.2) is 16.4 Å². The summed E-state index contributed by atoms with van der Waals surface area (Å²) in [6.45, 7) is 2.10. The van der Waals surface area contributed by atoms with Crippen LogP contribution in [0.15, 0.2) is 139 Å². The summed E-state index contributed by atoms with van der Waals surface area (Å²) in [4.78, 5) is 6.25. The van der Waals surface area contributed by atoms with Gasteiger partial charge in [-0.25, -0.2) is 0 Å². The van der Waals surface area contributed by atoms with Crippen molar-refractivity contribution in [3.63, 3.8) is 0 Å². The molecule has 0 bridgehead atoms. The van der Waals surface area contributed by atoms with Crippen LogP contribution in [0.2, 0.25) is 0 Å². The van der Waals surface area contributed by atoms with Gasteiger partial charge in [0, 0.05) is 23.5 Å². The van der Waals surface area contributed by atoms with Crippen LogP contribution in [-0.4, -0.2) is 9.92 Å². The van der Waals surface area contributed by atoms with Gasteiger partial charge in [0.25, 0.3) is 0 Å². The highest BCUT2D eigenvalue weighted by atomic mass is 32.1. The number of aryl methyl sites for hydroxylation is 1. The molecule has 0 spiro atoms. The van der Waals surface area contributed by atoms with E-state index in [-0.39, 0.29) is 0 Å². The maximum Gasteiger partial charge on any atom is 0.225 e. The van der Waals surface area contributed by atoms with Crippen LogP contribution >= 0.6 is 12.2 Å². The Hall–Kier alpha value is -4.81. The van der Waals surface area contributed by atoms with Crippen LogP contribution in [0.4, 0.5) is 17.1 Å². The zero-order chi connectivity index (χ0) is 26.9. The van der Waals surface area contributed by atoms with E-state index in [0.29, 0.717) is 5.11 Å². The molecular formula is C34H25N5S. The lowest BCUT2D eigenvalue weighted by Gasteiger charge is -2.50. The van der Waals surface area contributed by atoms with Crippen molar-refractivity contribution in [2.75, 3.05) is 9.80 Å². The Morgan fingerprint density at radius 3 is 1.88 bits per heavy atom. The van der Waals surface area contributed by atoms with E-state index < -0.39 is 11.3 Å². The number of azo groups is 1. The zero-order valence-electron chi connectivity index (χ0n) is 21.8. The highest BCUT2D eigenvalue weighted by Crippen LogP contribution is 2.68. The van der Waals surface area contributed by atoms with Crippen molar-refractivity contribution in [3.05, 3.63) is 156 Å². The van der Waals surface area contributed by atoms with E-state index in [9.17, 15) is 0 Å². The van der Waals surface area contributed by atoms with Gasteiger partial charge in [0.2, 0.25) is 5.69 Å². The lowest BCUT2D eigenvalue weighted by Crippen LogP contribution is -2.55. The minimum absolute atomic E-state index is 0.654. The number of fused-ring (bicyclic) bond motifs is 3. The van der Waals surface area contributed by atoms with E-state index in [1.807, 2.05) is 41.2 Å². The van der Waals surface area contributed by atoms with Crippen molar-refractivity contribution < 1.29 is 4.81 Å². The van der Waals surface area contributed by atoms with Crippen LogP contribution in [0.3, 0.4) is 0 Å². The summed E-state index contributed by atoms with van der Waals surface area (Å²) in [5.41, 5.74) is 12.0. The molecule has 2 atom stereocenters. The van der Waals surface area contributed by atoms with E-state index in [0.717, 1.165) is 39.3 Å². The molecule has 2 aliphatic heterocycles. The first-order valence-corrected chi connectivity index (χ1v) is 13.8. The summed E-state index contributed by atoms with van der Waals surface area (Å²) in [7, 11) is 0. The third-order valence-corrected chi connectivity index (χ3v) is 8.55. The molecule has 3 aliphatic rings. The predicted molar refractivity (Wildman–Crippen MR) is 163 cm³/mol. The first-order valence-electron chi connectivity index (χ1n) is 13.4. The molecular weight excluding hydrogens is 510 g/mol. The summed E-state index contributed by atoms with van der Waals surface area (Å²) < 4.78 is 0.